The van der Waals surface area contributed by atoms with Gasteiger partial charge in [-0.2, -0.15) is 0 Å². The molecule has 3 atom stereocenters. The van der Waals surface area contributed by atoms with Gasteiger partial charge in [0.25, 0.3) is 11.8 Å². The van der Waals surface area contributed by atoms with E-state index >= 15 is 0 Å². The van der Waals surface area contributed by atoms with Crippen LogP contribution in [0.2, 0.25) is 0 Å². The molecule has 1 aliphatic heterocycles. The number of benzene rings is 3. The summed E-state index contributed by atoms with van der Waals surface area (Å²) in [6.45, 7) is 7.82. The number of halogens is 2. The highest BCUT2D eigenvalue weighted by atomic mass is 19.1. The van der Waals surface area contributed by atoms with E-state index in [2.05, 4.69) is 10.6 Å². The minimum Gasteiger partial charge on any atom is -0.445 e. The smallest absolute Gasteiger partial charge is 0.410 e. The first kappa shape index (κ1) is 35.5. The van der Waals surface area contributed by atoms with Crippen LogP contribution in [-0.4, -0.2) is 83.7 Å². The summed E-state index contributed by atoms with van der Waals surface area (Å²) in [6.07, 6.45) is -0.329. The van der Waals surface area contributed by atoms with E-state index in [0.717, 1.165) is 36.6 Å². The van der Waals surface area contributed by atoms with Crippen molar-refractivity contribution >= 4 is 17.9 Å². The van der Waals surface area contributed by atoms with Crippen molar-refractivity contribution in [2.75, 3.05) is 32.7 Å². The highest BCUT2D eigenvalue weighted by Crippen LogP contribution is 2.18. The second-order valence-corrected chi connectivity index (χ2v) is 12.0. The van der Waals surface area contributed by atoms with Crippen molar-refractivity contribution in [2.24, 2.45) is 0 Å². The van der Waals surface area contributed by atoms with E-state index in [4.69, 9.17) is 4.74 Å². The first-order valence-corrected chi connectivity index (χ1v) is 16.1. The second kappa shape index (κ2) is 17.0. The number of hydrogen-bond donors (Lipinski definition) is 3. The summed E-state index contributed by atoms with van der Waals surface area (Å²) in [6, 6.07) is 15.5. The van der Waals surface area contributed by atoms with Crippen LogP contribution in [-0.2, 0) is 17.8 Å². The van der Waals surface area contributed by atoms with Gasteiger partial charge in [0.15, 0.2) is 0 Å². The Balaban J connectivity index is 1.54. The Hall–Kier alpha value is -4.35. The van der Waals surface area contributed by atoms with Crippen LogP contribution >= 0.6 is 0 Å². The number of ether oxygens (including phenoxy) is 1. The van der Waals surface area contributed by atoms with Crippen LogP contribution in [0.25, 0.3) is 0 Å². The molecule has 47 heavy (non-hydrogen) atoms. The molecule has 3 aromatic carbocycles. The highest BCUT2D eigenvalue weighted by Gasteiger charge is 2.35. The van der Waals surface area contributed by atoms with Gasteiger partial charge in [-0.15, -0.1) is 0 Å². The van der Waals surface area contributed by atoms with Gasteiger partial charge in [0.2, 0.25) is 0 Å². The lowest BCUT2D eigenvalue weighted by Gasteiger charge is -2.38. The summed E-state index contributed by atoms with van der Waals surface area (Å²) < 4.78 is 33.8. The van der Waals surface area contributed by atoms with Crippen molar-refractivity contribution < 1.29 is 33.0 Å². The van der Waals surface area contributed by atoms with Gasteiger partial charge < -0.3 is 30.3 Å². The lowest BCUT2D eigenvalue weighted by Crippen LogP contribution is -2.62. The van der Waals surface area contributed by atoms with Crippen LogP contribution < -0.4 is 10.6 Å². The summed E-state index contributed by atoms with van der Waals surface area (Å²) in [5.74, 6) is -2.30. The Bertz CT molecular complexity index is 1500. The van der Waals surface area contributed by atoms with E-state index in [1.165, 1.54) is 11.0 Å². The fraction of sp³-hybridized carbons (Fsp3) is 0.417. The lowest BCUT2D eigenvalue weighted by molar-refractivity contribution is 0.0389. The third-order valence-corrected chi connectivity index (χ3v) is 8.05. The van der Waals surface area contributed by atoms with Crippen LogP contribution in [0.15, 0.2) is 66.7 Å². The van der Waals surface area contributed by atoms with E-state index in [0.29, 0.717) is 37.3 Å². The number of carbonyl (C=O) groups is 3. The van der Waals surface area contributed by atoms with Crippen molar-refractivity contribution in [1.29, 1.82) is 0 Å². The molecule has 1 fully saturated rings. The van der Waals surface area contributed by atoms with E-state index in [9.17, 15) is 28.3 Å². The van der Waals surface area contributed by atoms with Crippen LogP contribution in [0.3, 0.4) is 0 Å². The fourth-order valence-electron chi connectivity index (χ4n) is 5.83. The van der Waals surface area contributed by atoms with Gasteiger partial charge in [0.1, 0.15) is 18.2 Å². The molecule has 0 radical (unpaired) electrons. The molecule has 3 N–H and O–H groups in total. The summed E-state index contributed by atoms with van der Waals surface area (Å²) >= 11 is 0. The van der Waals surface area contributed by atoms with Gasteiger partial charge in [0.05, 0.1) is 18.2 Å². The minimum atomic E-state index is -1.27. The monoisotopic (exact) mass is 650 g/mol. The van der Waals surface area contributed by atoms with Crippen molar-refractivity contribution in [3.05, 3.63) is 106 Å². The van der Waals surface area contributed by atoms with E-state index in [-0.39, 0.29) is 36.6 Å². The molecule has 1 saturated heterocycles. The second-order valence-electron chi connectivity index (χ2n) is 12.0. The van der Waals surface area contributed by atoms with Gasteiger partial charge >= 0.3 is 6.09 Å². The number of piperazine rings is 1. The Kier molecular flexibility index (Phi) is 12.8. The van der Waals surface area contributed by atoms with Crippen LogP contribution in [0, 0.1) is 18.6 Å². The molecular formula is C36H44F2N4O5. The average Bonchev–Trinajstić information content (AvgIpc) is 3.06. The molecule has 0 spiro atoms. The summed E-state index contributed by atoms with van der Waals surface area (Å²) in [4.78, 5) is 43.2. The molecule has 1 aliphatic rings. The van der Waals surface area contributed by atoms with Gasteiger partial charge in [0, 0.05) is 49.9 Å². The zero-order valence-electron chi connectivity index (χ0n) is 27.2. The zero-order valence-corrected chi connectivity index (χ0v) is 27.2. The number of nitrogens with one attached hydrogen (secondary N) is 2. The number of aliphatic hydroxyl groups excluding tert-OH is 1. The molecule has 0 aromatic heterocycles. The average molecular weight is 651 g/mol. The van der Waals surface area contributed by atoms with Gasteiger partial charge in [-0.3, -0.25) is 9.59 Å². The number of aliphatic hydroxyl groups is 1. The highest BCUT2D eigenvalue weighted by molar-refractivity contribution is 6.00. The van der Waals surface area contributed by atoms with E-state index in [1.54, 1.807) is 24.0 Å². The number of nitrogens with zero attached hydrogens (tertiary/aromatic N) is 2. The Morgan fingerprint density at radius 1 is 0.979 bits per heavy atom. The summed E-state index contributed by atoms with van der Waals surface area (Å²) in [5, 5.41) is 17.7. The van der Waals surface area contributed by atoms with Crippen LogP contribution in [0.1, 0.15) is 64.1 Å². The van der Waals surface area contributed by atoms with Gasteiger partial charge in [-0.25, -0.2) is 13.6 Å². The molecule has 0 unspecified atom stereocenters. The fourth-order valence-corrected chi connectivity index (χ4v) is 5.83. The topological polar surface area (TPSA) is 111 Å². The SMILES string of the molecule is CCCN(CCC)C(=O)c1cc(C)cc(C(=O)N[C@@H](Cc2cc(F)cc(F)c2)[C@H](O)[C@H]2CN(C(=O)OCc3ccccc3)CCN2)c1. The number of hydrogen-bond acceptors (Lipinski definition) is 6. The number of carbonyl (C=O) groups excluding carboxylic acids is 3. The van der Waals surface area contributed by atoms with E-state index in [1.807, 2.05) is 44.2 Å². The van der Waals surface area contributed by atoms with Crippen molar-refractivity contribution in [3.8, 4) is 0 Å². The maximum absolute atomic E-state index is 14.1. The summed E-state index contributed by atoms with van der Waals surface area (Å²) in [7, 11) is 0. The van der Waals surface area contributed by atoms with Gasteiger partial charge in [-0.1, -0.05) is 44.2 Å². The number of aryl methyl sites for hydroxylation is 1. The first-order chi connectivity index (χ1) is 22.6. The predicted molar refractivity (Wildman–Crippen MR) is 175 cm³/mol. The lowest BCUT2D eigenvalue weighted by atomic mass is 9.94. The molecule has 252 valence electrons. The molecule has 9 nitrogen and oxygen atoms in total. The Morgan fingerprint density at radius 3 is 2.30 bits per heavy atom. The molecule has 0 saturated carbocycles. The Morgan fingerprint density at radius 2 is 1.64 bits per heavy atom. The predicted octanol–water partition coefficient (Wildman–Crippen LogP) is 4.85. The minimum absolute atomic E-state index is 0.0759. The van der Waals surface area contributed by atoms with Crippen molar-refractivity contribution in [1.82, 2.24) is 20.4 Å². The van der Waals surface area contributed by atoms with E-state index < -0.39 is 41.8 Å². The number of rotatable bonds is 13. The van der Waals surface area contributed by atoms with Crippen molar-refractivity contribution in [2.45, 2.75) is 64.8 Å². The molecule has 1 heterocycles. The normalized spacial score (nSPS) is 15.9. The quantitative estimate of drug-likeness (QED) is 0.244. The third-order valence-electron chi connectivity index (χ3n) is 8.05. The van der Waals surface area contributed by atoms with Crippen LogP contribution in [0.4, 0.5) is 13.6 Å². The maximum atomic E-state index is 14.1. The van der Waals surface area contributed by atoms with Gasteiger partial charge in [-0.05, 0) is 73.2 Å². The Labute approximate surface area is 274 Å². The molecule has 0 bridgehead atoms. The van der Waals surface area contributed by atoms with Crippen LogP contribution in [0.5, 0.6) is 0 Å². The molecule has 0 aliphatic carbocycles. The molecule has 3 aromatic rings. The molecule has 3 amide bonds. The molecule has 11 heteroatoms. The first-order valence-electron chi connectivity index (χ1n) is 16.1. The molecule has 4 rings (SSSR count). The third kappa shape index (κ3) is 10.1. The zero-order chi connectivity index (χ0) is 33.9. The number of amides is 3. The standard InChI is InChI=1S/C36H44F2N4O5/c1-4-12-41(13-5-2)35(45)28-16-24(3)15-27(20-28)34(44)40-31(19-26-17-29(37)21-30(38)18-26)33(43)32-22-42(14-11-39-32)36(46)47-23-25-9-7-6-8-10-25/h6-10,15-18,20-21,31-33,39,43H,4-5,11-14,19,22-23H2,1-3H3,(H,40,44)/t31-,32+,33-/m0/s1. The molecular weight excluding hydrogens is 606 g/mol. The largest absolute Gasteiger partial charge is 0.445 e. The maximum Gasteiger partial charge on any atom is 0.410 e. The van der Waals surface area contributed by atoms with Crippen molar-refractivity contribution in [3.63, 3.8) is 0 Å². The summed E-state index contributed by atoms with van der Waals surface area (Å²) in [5.41, 5.74) is 2.36.